The Kier molecular flexibility index (Phi) is 6.31. The van der Waals surface area contributed by atoms with Gasteiger partial charge in [-0.05, 0) is 12.1 Å². The molecule has 0 atom stereocenters. The van der Waals surface area contributed by atoms with Crippen LogP contribution in [0.3, 0.4) is 0 Å². The first kappa shape index (κ1) is 21.6. The summed E-state index contributed by atoms with van der Waals surface area (Å²) < 4.78 is 0. The molecule has 0 saturated carbocycles. The Hall–Kier alpha value is -4.65. The van der Waals surface area contributed by atoms with Crippen LogP contribution in [0, 0.1) is 0 Å². The molecule has 0 fully saturated rings. The second-order valence-electron chi connectivity index (χ2n) is 7.24. The van der Waals surface area contributed by atoms with E-state index in [9.17, 15) is 19.2 Å². The number of pyridine rings is 1. The second kappa shape index (κ2) is 9.65. The molecule has 4 aromatic rings. The minimum Gasteiger partial charge on any atom is -0.294 e. The maximum atomic E-state index is 12.9. The van der Waals surface area contributed by atoms with Crippen LogP contribution in [0.15, 0.2) is 91.0 Å². The number of hydrogen-bond acceptors (Lipinski definition) is 5. The third kappa shape index (κ3) is 4.99. The molecule has 0 saturated heterocycles. The lowest BCUT2D eigenvalue weighted by atomic mass is 10.0. The number of rotatable bonds is 6. The fraction of sp³-hybridized carbons (Fsp3) is 0.0385. The Morgan fingerprint density at radius 2 is 1.36 bits per heavy atom. The van der Waals surface area contributed by atoms with Gasteiger partial charge in [0.25, 0.3) is 5.91 Å². The van der Waals surface area contributed by atoms with E-state index in [4.69, 9.17) is 0 Å². The molecule has 7 heteroatoms. The molecular formula is C26H19N3O4. The maximum absolute atomic E-state index is 12.9. The van der Waals surface area contributed by atoms with Crippen molar-refractivity contribution < 1.29 is 19.2 Å². The third-order valence-corrected chi connectivity index (χ3v) is 4.99. The van der Waals surface area contributed by atoms with E-state index in [1.807, 2.05) is 36.4 Å². The Bertz CT molecular complexity index is 1350. The van der Waals surface area contributed by atoms with Crippen LogP contribution >= 0.6 is 0 Å². The van der Waals surface area contributed by atoms with Crippen LogP contribution in [0.5, 0.6) is 0 Å². The zero-order chi connectivity index (χ0) is 23.2. The van der Waals surface area contributed by atoms with Crippen molar-refractivity contribution in [1.82, 2.24) is 15.8 Å². The van der Waals surface area contributed by atoms with E-state index < -0.39 is 29.8 Å². The number of hydrogen-bond donors (Lipinski definition) is 2. The van der Waals surface area contributed by atoms with Gasteiger partial charge in [0.15, 0.2) is 5.78 Å². The van der Waals surface area contributed by atoms with Gasteiger partial charge in [0.1, 0.15) is 0 Å². The number of Topliss-reactive ketones (excluding diaryl/α,β-unsaturated/α-hetero) is 2. The van der Waals surface area contributed by atoms with E-state index in [2.05, 4.69) is 15.8 Å². The molecule has 1 heterocycles. The molecule has 2 N–H and O–H groups in total. The van der Waals surface area contributed by atoms with E-state index in [0.717, 1.165) is 5.56 Å². The van der Waals surface area contributed by atoms with E-state index in [-0.39, 0.29) is 5.56 Å². The fourth-order valence-electron chi connectivity index (χ4n) is 3.32. The van der Waals surface area contributed by atoms with Crippen molar-refractivity contribution in [2.75, 3.05) is 0 Å². The van der Waals surface area contributed by atoms with E-state index in [1.165, 1.54) is 0 Å². The molecule has 0 unspecified atom stereocenters. The number of hydrazine groups is 1. The van der Waals surface area contributed by atoms with Crippen LogP contribution in [-0.4, -0.2) is 28.4 Å². The van der Waals surface area contributed by atoms with Gasteiger partial charge in [-0.15, -0.1) is 0 Å². The van der Waals surface area contributed by atoms with Crippen LogP contribution < -0.4 is 10.9 Å². The van der Waals surface area contributed by atoms with Gasteiger partial charge < -0.3 is 0 Å². The normalized spacial score (nSPS) is 10.4. The summed E-state index contributed by atoms with van der Waals surface area (Å²) >= 11 is 0. The van der Waals surface area contributed by atoms with Gasteiger partial charge in [0.05, 0.1) is 23.2 Å². The predicted octanol–water partition coefficient (Wildman–Crippen LogP) is 3.50. The Morgan fingerprint density at radius 3 is 2.09 bits per heavy atom. The molecule has 1 aromatic heterocycles. The highest BCUT2D eigenvalue weighted by molar-refractivity contribution is 6.40. The number of fused-ring (bicyclic) bond motifs is 1. The molecule has 33 heavy (non-hydrogen) atoms. The van der Waals surface area contributed by atoms with Crippen molar-refractivity contribution in [3.63, 3.8) is 0 Å². The molecule has 162 valence electrons. The van der Waals surface area contributed by atoms with Crippen molar-refractivity contribution in [2.45, 2.75) is 6.42 Å². The van der Waals surface area contributed by atoms with Gasteiger partial charge in [-0.25, -0.2) is 4.98 Å². The molecular weight excluding hydrogens is 418 g/mol. The lowest BCUT2D eigenvalue weighted by molar-refractivity contribution is -0.137. The average molecular weight is 437 g/mol. The summed E-state index contributed by atoms with van der Waals surface area (Å²) in [6.07, 6.45) is -0.595. The molecule has 2 amide bonds. The van der Waals surface area contributed by atoms with Crippen molar-refractivity contribution in [2.24, 2.45) is 0 Å². The number of nitrogens with one attached hydrogen (secondary N) is 2. The average Bonchev–Trinajstić information content (AvgIpc) is 2.87. The number of nitrogens with zero attached hydrogens (tertiary/aromatic N) is 1. The minimum absolute atomic E-state index is 0.285. The second-order valence-corrected chi connectivity index (χ2v) is 7.24. The first-order valence-electron chi connectivity index (χ1n) is 10.2. The molecule has 4 rings (SSSR count). The molecule has 0 aliphatic rings. The summed E-state index contributed by atoms with van der Waals surface area (Å²) in [5.74, 6) is -3.11. The third-order valence-electron chi connectivity index (χ3n) is 4.99. The zero-order valence-electron chi connectivity index (χ0n) is 17.4. The number of carbonyl (C=O) groups excluding carboxylic acids is 4. The number of para-hydroxylation sites is 1. The standard InChI is InChI=1S/C26H19N3O4/c30-23(18-11-5-2-6-12-18)16-24(31)26(33)29-28-25(32)20-15-22(17-9-3-1-4-10-17)27-21-14-8-7-13-19(20)21/h1-15H,16H2,(H,28,32)(H,29,33). The van der Waals surface area contributed by atoms with Gasteiger partial charge in [-0.1, -0.05) is 78.9 Å². The van der Waals surface area contributed by atoms with Gasteiger partial charge in [0, 0.05) is 16.5 Å². The van der Waals surface area contributed by atoms with Crippen molar-refractivity contribution in [1.29, 1.82) is 0 Å². The van der Waals surface area contributed by atoms with Gasteiger partial charge in [0.2, 0.25) is 5.78 Å². The summed E-state index contributed by atoms with van der Waals surface area (Å²) in [6.45, 7) is 0. The summed E-state index contributed by atoms with van der Waals surface area (Å²) in [4.78, 5) is 53.9. The highest BCUT2D eigenvalue weighted by Crippen LogP contribution is 2.24. The van der Waals surface area contributed by atoms with Gasteiger partial charge in [-0.3, -0.25) is 30.0 Å². The van der Waals surface area contributed by atoms with Crippen molar-refractivity contribution in [3.8, 4) is 11.3 Å². The van der Waals surface area contributed by atoms with Crippen molar-refractivity contribution >= 4 is 34.3 Å². The summed E-state index contributed by atoms with van der Waals surface area (Å²) in [6, 6.07) is 26.3. The number of ketones is 2. The van der Waals surface area contributed by atoms with E-state index in [1.54, 1.807) is 54.6 Å². The van der Waals surface area contributed by atoms with Crippen LogP contribution in [0.1, 0.15) is 27.1 Å². The lowest BCUT2D eigenvalue weighted by Gasteiger charge is -2.11. The highest BCUT2D eigenvalue weighted by atomic mass is 16.2. The SMILES string of the molecule is O=C(CC(=O)c1ccccc1)C(=O)NNC(=O)c1cc(-c2ccccc2)nc2ccccc12. The Labute approximate surface area is 189 Å². The number of aromatic nitrogens is 1. The van der Waals surface area contributed by atoms with Gasteiger partial charge in [-0.2, -0.15) is 0 Å². The quantitative estimate of drug-likeness (QED) is 0.208. The maximum Gasteiger partial charge on any atom is 0.306 e. The highest BCUT2D eigenvalue weighted by Gasteiger charge is 2.20. The Balaban J connectivity index is 1.49. The van der Waals surface area contributed by atoms with Crippen LogP contribution in [0.2, 0.25) is 0 Å². The number of amides is 2. The number of benzene rings is 3. The first-order chi connectivity index (χ1) is 16.0. The zero-order valence-corrected chi connectivity index (χ0v) is 17.4. The number of carbonyl (C=O) groups is 4. The molecule has 0 aliphatic carbocycles. The topological polar surface area (TPSA) is 105 Å². The smallest absolute Gasteiger partial charge is 0.294 e. The van der Waals surface area contributed by atoms with Crippen molar-refractivity contribution in [3.05, 3.63) is 102 Å². The summed E-state index contributed by atoms with van der Waals surface area (Å²) in [5.41, 5.74) is 7.02. The monoisotopic (exact) mass is 437 g/mol. The van der Waals surface area contributed by atoms with Crippen LogP contribution in [0.4, 0.5) is 0 Å². The predicted molar refractivity (Wildman–Crippen MR) is 123 cm³/mol. The van der Waals surface area contributed by atoms with Crippen LogP contribution in [-0.2, 0) is 9.59 Å². The minimum atomic E-state index is -1.07. The van der Waals surface area contributed by atoms with E-state index in [0.29, 0.717) is 22.2 Å². The fourth-order valence-corrected chi connectivity index (χ4v) is 3.32. The summed E-state index contributed by atoms with van der Waals surface area (Å²) in [5, 5.41) is 0.592. The lowest BCUT2D eigenvalue weighted by Crippen LogP contribution is -2.45. The molecule has 3 aromatic carbocycles. The van der Waals surface area contributed by atoms with E-state index >= 15 is 0 Å². The molecule has 0 aliphatic heterocycles. The summed E-state index contributed by atoms with van der Waals surface area (Å²) in [7, 11) is 0. The molecule has 7 nitrogen and oxygen atoms in total. The van der Waals surface area contributed by atoms with Crippen LogP contribution in [0.25, 0.3) is 22.2 Å². The van der Waals surface area contributed by atoms with Gasteiger partial charge >= 0.3 is 5.91 Å². The largest absolute Gasteiger partial charge is 0.306 e. The molecule has 0 radical (unpaired) electrons. The Morgan fingerprint density at radius 1 is 0.727 bits per heavy atom. The molecule has 0 bridgehead atoms. The molecule has 0 spiro atoms. The first-order valence-corrected chi connectivity index (χ1v) is 10.2.